The average molecular weight is 316 g/mol. The molecule has 2 nitrogen and oxygen atoms in total. The van der Waals surface area contributed by atoms with Crippen molar-refractivity contribution in [1.82, 2.24) is 4.98 Å². The molecule has 5 heteroatoms. The highest BCUT2D eigenvalue weighted by atomic mass is 79.9. The number of aromatic nitrogens is 1. The number of hydrogen-bond acceptors (Lipinski definition) is 2. The molecule has 0 aliphatic carbocycles. The molecule has 1 heterocycles. The summed E-state index contributed by atoms with van der Waals surface area (Å²) in [6.07, 6.45) is 1.68. The first kappa shape index (κ1) is 12.3. The van der Waals surface area contributed by atoms with Crippen molar-refractivity contribution in [3.63, 3.8) is 0 Å². The Morgan fingerprint density at radius 1 is 1.35 bits per heavy atom. The molecule has 0 aliphatic rings. The molecule has 1 aromatic carbocycles. The number of anilines is 2. The Morgan fingerprint density at radius 3 is 2.76 bits per heavy atom. The minimum absolute atomic E-state index is 0.107. The number of rotatable bonds is 2. The van der Waals surface area contributed by atoms with Gasteiger partial charge >= 0.3 is 0 Å². The number of pyridine rings is 1. The molecule has 2 aromatic rings. The van der Waals surface area contributed by atoms with E-state index in [2.05, 4.69) is 26.2 Å². The molecule has 0 saturated heterocycles. The molecule has 0 bridgehead atoms. The van der Waals surface area contributed by atoms with Crippen molar-refractivity contribution in [3.8, 4) is 0 Å². The summed E-state index contributed by atoms with van der Waals surface area (Å²) in [6, 6.07) is 6.48. The van der Waals surface area contributed by atoms with E-state index < -0.39 is 5.82 Å². The van der Waals surface area contributed by atoms with Crippen LogP contribution in [0.5, 0.6) is 0 Å². The molecule has 0 unspecified atom stereocenters. The van der Waals surface area contributed by atoms with Gasteiger partial charge in [0.15, 0.2) is 0 Å². The lowest BCUT2D eigenvalue weighted by Gasteiger charge is -2.09. The predicted octanol–water partition coefficient (Wildman–Crippen LogP) is 4.69. The Labute approximate surface area is 112 Å². The third-order valence-corrected chi connectivity index (χ3v) is 2.97. The van der Waals surface area contributed by atoms with Gasteiger partial charge in [-0.1, -0.05) is 11.6 Å². The number of nitrogens with one attached hydrogen (secondary N) is 1. The maximum Gasteiger partial charge on any atom is 0.143 e. The molecule has 1 N–H and O–H groups in total. The third kappa shape index (κ3) is 2.96. The summed E-state index contributed by atoms with van der Waals surface area (Å²) in [5, 5.41) is 3.14. The summed E-state index contributed by atoms with van der Waals surface area (Å²) in [5.74, 6) is 0.237. The first-order chi connectivity index (χ1) is 8.06. The molecule has 0 radical (unpaired) electrons. The van der Waals surface area contributed by atoms with Crippen LogP contribution in [-0.4, -0.2) is 4.98 Å². The minimum atomic E-state index is -0.452. The fourth-order valence-corrected chi connectivity index (χ4v) is 1.95. The lowest BCUT2D eigenvalue weighted by atomic mass is 10.2. The Bertz CT molecular complexity index is 560. The van der Waals surface area contributed by atoms with Crippen LogP contribution in [0.25, 0.3) is 0 Å². The number of aryl methyl sites for hydroxylation is 1. The van der Waals surface area contributed by atoms with Gasteiger partial charge in [-0.25, -0.2) is 9.37 Å². The van der Waals surface area contributed by atoms with E-state index in [0.29, 0.717) is 11.5 Å². The molecule has 2 rings (SSSR count). The van der Waals surface area contributed by atoms with Gasteiger partial charge in [0, 0.05) is 16.4 Å². The van der Waals surface area contributed by atoms with Gasteiger partial charge in [0.1, 0.15) is 11.6 Å². The van der Waals surface area contributed by atoms with Crippen molar-refractivity contribution in [2.75, 3.05) is 5.32 Å². The zero-order valence-electron chi connectivity index (χ0n) is 8.97. The van der Waals surface area contributed by atoms with Crippen LogP contribution in [0.2, 0.25) is 5.02 Å². The summed E-state index contributed by atoms with van der Waals surface area (Å²) in [6.45, 7) is 1.92. The van der Waals surface area contributed by atoms with E-state index in [0.717, 1.165) is 10.0 Å². The summed E-state index contributed by atoms with van der Waals surface area (Å²) in [4.78, 5) is 4.21. The quantitative estimate of drug-likeness (QED) is 0.869. The number of nitrogens with zero attached hydrogens (tertiary/aromatic N) is 1. The fraction of sp³-hybridized carbons (Fsp3) is 0.0833. The Morgan fingerprint density at radius 2 is 2.12 bits per heavy atom. The van der Waals surface area contributed by atoms with Crippen molar-refractivity contribution < 1.29 is 4.39 Å². The lowest BCUT2D eigenvalue weighted by Crippen LogP contribution is -1.96. The molecule has 0 amide bonds. The molecule has 17 heavy (non-hydrogen) atoms. The van der Waals surface area contributed by atoms with E-state index in [1.54, 1.807) is 12.3 Å². The van der Waals surface area contributed by atoms with Crippen LogP contribution in [0.1, 0.15) is 5.56 Å². The van der Waals surface area contributed by atoms with E-state index in [-0.39, 0.29) is 5.02 Å². The largest absolute Gasteiger partial charge is 0.340 e. The molecule has 0 aliphatic heterocycles. The Balaban J connectivity index is 2.28. The highest BCUT2D eigenvalue weighted by Gasteiger charge is 2.04. The van der Waals surface area contributed by atoms with Crippen molar-refractivity contribution in [3.05, 3.63) is 51.3 Å². The van der Waals surface area contributed by atoms with Gasteiger partial charge in [0.25, 0.3) is 0 Å². The van der Waals surface area contributed by atoms with Crippen molar-refractivity contribution in [1.29, 1.82) is 0 Å². The van der Waals surface area contributed by atoms with Crippen LogP contribution in [0.15, 0.2) is 34.9 Å². The zero-order chi connectivity index (χ0) is 12.4. The van der Waals surface area contributed by atoms with Crippen LogP contribution in [0.4, 0.5) is 15.9 Å². The van der Waals surface area contributed by atoms with Gasteiger partial charge in [-0.3, -0.25) is 0 Å². The van der Waals surface area contributed by atoms with Crippen molar-refractivity contribution in [2.45, 2.75) is 6.92 Å². The van der Waals surface area contributed by atoms with Gasteiger partial charge in [0.05, 0.1) is 5.02 Å². The van der Waals surface area contributed by atoms with Crippen LogP contribution < -0.4 is 5.32 Å². The van der Waals surface area contributed by atoms with Gasteiger partial charge in [-0.05, 0) is 52.7 Å². The molecule has 0 saturated carbocycles. The normalized spacial score (nSPS) is 10.4. The number of benzene rings is 1. The zero-order valence-corrected chi connectivity index (χ0v) is 11.3. The number of hydrogen-bond donors (Lipinski definition) is 1. The molecule has 0 spiro atoms. The second-order valence-corrected chi connectivity index (χ2v) is 4.90. The first-order valence-corrected chi connectivity index (χ1v) is 6.07. The highest BCUT2D eigenvalue weighted by molar-refractivity contribution is 9.10. The molecule has 1 aromatic heterocycles. The van der Waals surface area contributed by atoms with E-state index in [4.69, 9.17) is 11.6 Å². The monoisotopic (exact) mass is 314 g/mol. The molecule has 0 fully saturated rings. The molecule has 88 valence electrons. The summed E-state index contributed by atoms with van der Waals surface area (Å²) >= 11 is 8.95. The van der Waals surface area contributed by atoms with E-state index in [9.17, 15) is 4.39 Å². The van der Waals surface area contributed by atoms with Gasteiger partial charge in [0.2, 0.25) is 0 Å². The van der Waals surface area contributed by atoms with Crippen molar-refractivity contribution >= 4 is 39.0 Å². The topological polar surface area (TPSA) is 24.9 Å². The second kappa shape index (κ2) is 5.02. The average Bonchev–Trinajstić information content (AvgIpc) is 2.27. The maximum absolute atomic E-state index is 13.2. The van der Waals surface area contributed by atoms with Gasteiger partial charge < -0.3 is 5.32 Å². The standard InChI is InChI=1S/C12H9BrClFN2/c1-7-4-8(13)6-16-12(7)17-9-2-3-10(14)11(15)5-9/h2-6H,1H3,(H,16,17). The van der Waals surface area contributed by atoms with Crippen LogP contribution in [0, 0.1) is 12.7 Å². The fourth-order valence-electron chi connectivity index (χ4n) is 1.38. The Hall–Kier alpha value is -1.13. The lowest BCUT2D eigenvalue weighted by molar-refractivity contribution is 0.629. The minimum Gasteiger partial charge on any atom is -0.340 e. The summed E-state index contributed by atoms with van der Waals surface area (Å²) < 4.78 is 14.2. The SMILES string of the molecule is Cc1cc(Br)cnc1Nc1ccc(Cl)c(F)c1. The predicted molar refractivity (Wildman–Crippen MR) is 71.4 cm³/mol. The van der Waals surface area contributed by atoms with Gasteiger partial charge in [-0.15, -0.1) is 0 Å². The van der Waals surface area contributed by atoms with Crippen LogP contribution in [-0.2, 0) is 0 Å². The van der Waals surface area contributed by atoms with E-state index >= 15 is 0 Å². The second-order valence-electron chi connectivity index (χ2n) is 3.57. The molecular formula is C12H9BrClFN2. The summed E-state index contributed by atoms with van der Waals surface area (Å²) in [7, 11) is 0. The van der Waals surface area contributed by atoms with Crippen LogP contribution in [0.3, 0.4) is 0 Å². The third-order valence-electron chi connectivity index (χ3n) is 2.23. The van der Waals surface area contributed by atoms with E-state index in [1.807, 2.05) is 13.0 Å². The smallest absolute Gasteiger partial charge is 0.143 e. The van der Waals surface area contributed by atoms with Gasteiger partial charge in [-0.2, -0.15) is 0 Å². The molecular weight excluding hydrogens is 307 g/mol. The summed E-state index contributed by atoms with van der Waals surface area (Å²) in [5.41, 5.74) is 1.58. The highest BCUT2D eigenvalue weighted by Crippen LogP contribution is 2.24. The Kier molecular flexibility index (Phi) is 3.64. The molecule has 0 atom stereocenters. The first-order valence-electron chi connectivity index (χ1n) is 4.90. The van der Waals surface area contributed by atoms with E-state index in [1.165, 1.54) is 12.1 Å². The van der Waals surface area contributed by atoms with Crippen LogP contribution >= 0.6 is 27.5 Å². The van der Waals surface area contributed by atoms with Crippen molar-refractivity contribution in [2.24, 2.45) is 0 Å². The maximum atomic E-state index is 13.2. The number of halogens is 3.